The first kappa shape index (κ1) is 19.8. The number of ether oxygens (including phenoxy) is 1. The molecule has 0 unspecified atom stereocenters. The number of amides is 1. The summed E-state index contributed by atoms with van der Waals surface area (Å²) in [4.78, 5) is 12.5. The molecule has 27 heavy (non-hydrogen) atoms. The van der Waals surface area contributed by atoms with Gasteiger partial charge in [-0.25, -0.2) is 8.42 Å². The van der Waals surface area contributed by atoms with Crippen molar-refractivity contribution in [2.24, 2.45) is 0 Å². The molecule has 0 bridgehead atoms. The third-order valence-corrected chi connectivity index (χ3v) is 6.81. The Morgan fingerprint density at radius 2 is 1.93 bits per heavy atom. The lowest BCUT2D eigenvalue weighted by atomic mass is 10.3. The first-order chi connectivity index (χ1) is 12.8. The van der Waals surface area contributed by atoms with Gasteiger partial charge in [0.1, 0.15) is 11.4 Å². The Hall–Kier alpha value is -1.94. The van der Waals surface area contributed by atoms with Gasteiger partial charge >= 0.3 is 0 Å². The first-order valence-corrected chi connectivity index (χ1v) is 10.3. The Kier molecular flexibility index (Phi) is 5.85. The van der Waals surface area contributed by atoms with Gasteiger partial charge in [-0.1, -0.05) is 23.7 Å². The third-order valence-electron chi connectivity index (χ3n) is 4.32. The molecule has 3 rings (SSSR count). The van der Waals surface area contributed by atoms with E-state index in [0.29, 0.717) is 48.4 Å². The lowest BCUT2D eigenvalue weighted by Gasteiger charge is -2.26. The third kappa shape index (κ3) is 4.16. The largest absolute Gasteiger partial charge is 0.379 e. The zero-order valence-corrected chi connectivity index (χ0v) is 16.7. The van der Waals surface area contributed by atoms with Gasteiger partial charge in [-0.05, 0) is 26.0 Å². The number of carbonyl (C=O) groups is 1. The van der Waals surface area contributed by atoms with Crippen molar-refractivity contribution in [3.05, 3.63) is 40.7 Å². The summed E-state index contributed by atoms with van der Waals surface area (Å²) in [7, 11) is -3.69. The van der Waals surface area contributed by atoms with Crippen molar-refractivity contribution in [2.45, 2.75) is 25.3 Å². The highest BCUT2D eigenvalue weighted by Gasteiger charge is 2.32. The Bertz CT molecular complexity index is 952. The molecular weight excluding hydrogens is 392 g/mol. The number of aromatic nitrogens is 2. The number of sulfonamides is 1. The molecule has 0 atom stereocenters. The van der Waals surface area contributed by atoms with E-state index in [2.05, 4.69) is 10.4 Å². The number of benzene rings is 1. The lowest BCUT2D eigenvalue weighted by molar-refractivity contribution is -0.116. The Morgan fingerprint density at radius 3 is 2.59 bits per heavy atom. The van der Waals surface area contributed by atoms with Gasteiger partial charge in [0, 0.05) is 13.1 Å². The molecule has 2 heterocycles. The summed E-state index contributed by atoms with van der Waals surface area (Å²) in [6.45, 7) is 4.51. The average Bonchev–Trinajstić information content (AvgIpc) is 2.91. The maximum absolute atomic E-state index is 13.0. The van der Waals surface area contributed by atoms with Crippen LogP contribution in [0.25, 0.3) is 0 Å². The molecule has 0 radical (unpaired) electrons. The molecule has 1 N–H and O–H groups in total. The number of halogens is 1. The summed E-state index contributed by atoms with van der Waals surface area (Å²) in [6, 6.07) is 6.89. The molecule has 1 fully saturated rings. The van der Waals surface area contributed by atoms with Gasteiger partial charge in [-0.2, -0.15) is 9.40 Å². The molecule has 1 aromatic heterocycles. The molecule has 8 nitrogen and oxygen atoms in total. The van der Waals surface area contributed by atoms with Crippen molar-refractivity contribution < 1.29 is 17.9 Å². The zero-order chi connectivity index (χ0) is 19.6. The molecule has 0 saturated carbocycles. The molecule has 0 spiro atoms. The number of aryl methyl sites for hydroxylation is 1. The van der Waals surface area contributed by atoms with Crippen LogP contribution >= 0.6 is 11.6 Å². The van der Waals surface area contributed by atoms with E-state index in [1.54, 1.807) is 38.1 Å². The fraction of sp³-hybridized carbons (Fsp3) is 0.412. The zero-order valence-electron chi connectivity index (χ0n) is 15.1. The standard InChI is InChI=1S/C17H21ClN4O4S/c1-12-17(27(24,25)21-7-9-26-10-8-21)13(2)22(20-12)11-16(23)19-15-6-4-3-5-14(15)18/h3-6H,7-11H2,1-2H3,(H,19,23). The van der Waals surface area contributed by atoms with E-state index in [1.165, 1.54) is 8.99 Å². The van der Waals surface area contributed by atoms with E-state index < -0.39 is 10.0 Å². The number of morpholine rings is 1. The normalized spacial score (nSPS) is 15.7. The highest BCUT2D eigenvalue weighted by atomic mass is 35.5. The molecule has 10 heteroatoms. The average molecular weight is 413 g/mol. The monoisotopic (exact) mass is 412 g/mol. The molecular formula is C17H21ClN4O4S. The van der Waals surface area contributed by atoms with Gasteiger partial charge < -0.3 is 10.1 Å². The van der Waals surface area contributed by atoms with Crippen LogP contribution in [0, 0.1) is 13.8 Å². The van der Waals surface area contributed by atoms with Crippen LogP contribution in [0.1, 0.15) is 11.4 Å². The van der Waals surface area contributed by atoms with Gasteiger partial charge in [0.15, 0.2) is 0 Å². The topological polar surface area (TPSA) is 93.5 Å². The van der Waals surface area contributed by atoms with E-state index in [0.717, 1.165) is 0 Å². The van der Waals surface area contributed by atoms with Crippen LogP contribution in [0.15, 0.2) is 29.2 Å². The quantitative estimate of drug-likeness (QED) is 0.808. The number of nitrogens with one attached hydrogen (secondary N) is 1. The van der Waals surface area contributed by atoms with Crippen LogP contribution in [0.3, 0.4) is 0 Å². The highest BCUT2D eigenvalue weighted by molar-refractivity contribution is 7.89. The van der Waals surface area contributed by atoms with E-state index in [1.807, 2.05) is 0 Å². The number of hydrogen-bond acceptors (Lipinski definition) is 5. The van der Waals surface area contributed by atoms with E-state index in [-0.39, 0.29) is 17.3 Å². The molecule has 1 aliphatic heterocycles. The molecule has 1 saturated heterocycles. The van der Waals surface area contributed by atoms with Crippen molar-refractivity contribution in [3.8, 4) is 0 Å². The summed E-state index contributed by atoms with van der Waals surface area (Å²) < 4.78 is 33.9. The van der Waals surface area contributed by atoms with Crippen molar-refractivity contribution in [1.29, 1.82) is 0 Å². The maximum Gasteiger partial charge on any atom is 0.246 e. The van der Waals surface area contributed by atoms with E-state index >= 15 is 0 Å². The second-order valence-corrected chi connectivity index (χ2v) is 8.48. The predicted molar refractivity (Wildman–Crippen MR) is 101 cm³/mol. The van der Waals surface area contributed by atoms with Crippen LogP contribution < -0.4 is 5.32 Å². The number of rotatable bonds is 5. The Labute approximate surface area is 163 Å². The summed E-state index contributed by atoms with van der Waals surface area (Å²) in [6.07, 6.45) is 0. The number of carbonyl (C=O) groups excluding carboxylic acids is 1. The van der Waals surface area contributed by atoms with Crippen LogP contribution in [-0.2, 0) is 26.1 Å². The Balaban J connectivity index is 1.81. The van der Waals surface area contributed by atoms with Crippen molar-refractivity contribution in [2.75, 3.05) is 31.6 Å². The van der Waals surface area contributed by atoms with Crippen LogP contribution in [0.5, 0.6) is 0 Å². The number of para-hydroxylation sites is 1. The lowest BCUT2D eigenvalue weighted by Crippen LogP contribution is -2.41. The minimum atomic E-state index is -3.69. The number of anilines is 1. The maximum atomic E-state index is 13.0. The minimum absolute atomic E-state index is 0.115. The highest BCUT2D eigenvalue weighted by Crippen LogP contribution is 2.25. The van der Waals surface area contributed by atoms with Crippen molar-refractivity contribution in [3.63, 3.8) is 0 Å². The van der Waals surface area contributed by atoms with Crippen LogP contribution in [-0.4, -0.2) is 54.7 Å². The molecule has 1 aliphatic rings. The van der Waals surface area contributed by atoms with Crippen LogP contribution in [0.2, 0.25) is 5.02 Å². The number of hydrogen-bond donors (Lipinski definition) is 1. The summed E-state index contributed by atoms with van der Waals surface area (Å²) >= 11 is 6.05. The number of nitrogens with zero attached hydrogens (tertiary/aromatic N) is 3. The summed E-state index contributed by atoms with van der Waals surface area (Å²) in [5.41, 5.74) is 1.28. The van der Waals surface area contributed by atoms with E-state index in [9.17, 15) is 13.2 Å². The summed E-state index contributed by atoms with van der Waals surface area (Å²) in [5.74, 6) is -0.343. The fourth-order valence-electron chi connectivity index (χ4n) is 3.01. The van der Waals surface area contributed by atoms with Crippen molar-refractivity contribution in [1.82, 2.24) is 14.1 Å². The smallest absolute Gasteiger partial charge is 0.246 e. The van der Waals surface area contributed by atoms with Gasteiger partial charge in [0.05, 0.1) is 35.3 Å². The van der Waals surface area contributed by atoms with Crippen LogP contribution in [0.4, 0.5) is 5.69 Å². The molecule has 2 aromatic rings. The predicted octanol–water partition coefficient (Wildman–Crippen LogP) is 1.81. The molecule has 0 aliphatic carbocycles. The second kappa shape index (κ2) is 7.97. The van der Waals surface area contributed by atoms with Gasteiger partial charge in [-0.3, -0.25) is 9.48 Å². The molecule has 1 aromatic carbocycles. The molecule has 1 amide bonds. The second-order valence-electron chi connectivity index (χ2n) is 6.20. The minimum Gasteiger partial charge on any atom is -0.379 e. The SMILES string of the molecule is Cc1nn(CC(=O)Nc2ccccc2Cl)c(C)c1S(=O)(=O)N1CCOCC1. The van der Waals surface area contributed by atoms with Crippen molar-refractivity contribution >= 4 is 33.2 Å². The Morgan fingerprint density at radius 1 is 1.26 bits per heavy atom. The molecule has 146 valence electrons. The van der Waals surface area contributed by atoms with Gasteiger partial charge in [-0.15, -0.1) is 0 Å². The summed E-state index contributed by atoms with van der Waals surface area (Å²) in [5, 5.41) is 7.40. The first-order valence-electron chi connectivity index (χ1n) is 8.47. The van der Waals surface area contributed by atoms with Gasteiger partial charge in [0.25, 0.3) is 0 Å². The van der Waals surface area contributed by atoms with E-state index in [4.69, 9.17) is 16.3 Å². The fourth-order valence-corrected chi connectivity index (χ4v) is 4.98. The van der Waals surface area contributed by atoms with Gasteiger partial charge in [0.2, 0.25) is 15.9 Å².